The summed E-state index contributed by atoms with van der Waals surface area (Å²) in [7, 11) is 1.54. The lowest BCUT2D eigenvalue weighted by Crippen LogP contribution is -2.53. The van der Waals surface area contributed by atoms with Crippen molar-refractivity contribution >= 4 is 5.69 Å². The molecule has 15 heteroatoms. The van der Waals surface area contributed by atoms with Gasteiger partial charge in [-0.15, -0.1) is 5.10 Å². The lowest BCUT2D eigenvalue weighted by molar-refractivity contribution is -0.167. The van der Waals surface area contributed by atoms with Crippen LogP contribution in [0, 0.1) is 0 Å². The number of aryl methyl sites for hydroxylation is 1. The summed E-state index contributed by atoms with van der Waals surface area (Å²) < 4.78 is 69.4. The Labute approximate surface area is 176 Å². The summed E-state index contributed by atoms with van der Waals surface area (Å²) in [6.45, 7) is -2.55. The number of anilines is 1. The zero-order valence-electron chi connectivity index (χ0n) is 16.4. The standard InChI is InChI=1S/C17H15F5N8O2/c1-28-12(14(26-27-28)15-23-3-9(4-24-15)17(20,21)22)8-30-13(31)2-10(5-25-30)29-6-11(7-29)32-16(18)19/h2-5,11,16H,6-8H2,1H3. The zero-order chi connectivity index (χ0) is 23.0. The molecule has 10 nitrogen and oxygen atoms in total. The van der Waals surface area contributed by atoms with E-state index in [-0.39, 0.29) is 31.2 Å². The maximum Gasteiger partial charge on any atom is 0.419 e. The number of hydrogen-bond acceptors (Lipinski definition) is 8. The molecule has 0 amide bonds. The molecule has 0 atom stereocenters. The molecule has 0 aliphatic carbocycles. The molecular weight excluding hydrogens is 443 g/mol. The largest absolute Gasteiger partial charge is 0.419 e. The van der Waals surface area contributed by atoms with E-state index in [1.54, 1.807) is 11.9 Å². The summed E-state index contributed by atoms with van der Waals surface area (Å²) in [6, 6.07) is 1.30. The highest BCUT2D eigenvalue weighted by molar-refractivity contribution is 5.52. The van der Waals surface area contributed by atoms with Gasteiger partial charge >= 0.3 is 12.8 Å². The van der Waals surface area contributed by atoms with E-state index in [2.05, 4.69) is 30.1 Å². The van der Waals surface area contributed by atoms with Gasteiger partial charge in [0.15, 0.2) is 11.5 Å². The van der Waals surface area contributed by atoms with E-state index in [9.17, 15) is 26.7 Å². The second-order valence-electron chi connectivity index (χ2n) is 6.93. The van der Waals surface area contributed by atoms with Crippen molar-refractivity contribution in [2.75, 3.05) is 18.0 Å². The first-order valence-electron chi connectivity index (χ1n) is 9.15. The van der Waals surface area contributed by atoms with Gasteiger partial charge in [-0.3, -0.25) is 4.79 Å². The van der Waals surface area contributed by atoms with E-state index < -0.39 is 30.0 Å². The van der Waals surface area contributed by atoms with Crippen molar-refractivity contribution in [3.05, 3.63) is 46.3 Å². The molecule has 0 radical (unpaired) electrons. The molecule has 3 aromatic rings. The zero-order valence-corrected chi connectivity index (χ0v) is 16.4. The van der Waals surface area contributed by atoms with Gasteiger partial charge in [-0.05, 0) is 0 Å². The van der Waals surface area contributed by atoms with Crippen LogP contribution in [-0.4, -0.2) is 60.5 Å². The Morgan fingerprint density at radius 2 is 1.88 bits per heavy atom. The average Bonchev–Trinajstić information content (AvgIpc) is 3.05. The van der Waals surface area contributed by atoms with Crippen LogP contribution in [-0.2, 0) is 24.5 Å². The van der Waals surface area contributed by atoms with Gasteiger partial charge < -0.3 is 9.64 Å². The molecule has 0 aromatic carbocycles. The predicted octanol–water partition coefficient (Wildman–Crippen LogP) is 1.32. The van der Waals surface area contributed by atoms with Crippen LogP contribution in [0.5, 0.6) is 0 Å². The first kappa shape index (κ1) is 21.7. The molecular formula is C17H15F5N8O2. The highest BCUT2D eigenvalue weighted by atomic mass is 19.4. The fourth-order valence-electron chi connectivity index (χ4n) is 3.06. The summed E-state index contributed by atoms with van der Waals surface area (Å²) >= 11 is 0. The molecule has 4 heterocycles. The van der Waals surface area contributed by atoms with Crippen molar-refractivity contribution in [3.63, 3.8) is 0 Å². The monoisotopic (exact) mass is 458 g/mol. The van der Waals surface area contributed by atoms with E-state index in [4.69, 9.17) is 0 Å². The van der Waals surface area contributed by atoms with Gasteiger partial charge in [0.2, 0.25) is 0 Å². The van der Waals surface area contributed by atoms with Gasteiger partial charge in [-0.25, -0.2) is 19.3 Å². The maximum atomic E-state index is 12.7. The third kappa shape index (κ3) is 4.42. The van der Waals surface area contributed by atoms with E-state index in [1.807, 2.05) is 0 Å². The number of hydrogen-bond donors (Lipinski definition) is 0. The van der Waals surface area contributed by atoms with Crippen LogP contribution < -0.4 is 10.5 Å². The number of ether oxygens (including phenoxy) is 1. The van der Waals surface area contributed by atoms with Crippen LogP contribution in [0.15, 0.2) is 29.5 Å². The molecule has 0 spiro atoms. The topological polar surface area (TPSA) is 104 Å². The molecule has 3 aromatic heterocycles. The Morgan fingerprint density at radius 1 is 1.19 bits per heavy atom. The number of aromatic nitrogens is 7. The van der Waals surface area contributed by atoms with Crippen LogP contribution in [0.3, 0.4) is 0 Å². The SMILES string of the molecule is Cn1nnc(-c2ncc(C(F)(F)F)cn2)c1Cn1ncc(N2CC(OC(F)F)C2)cc1=O. The van der Waals surface area contributed by atoms with Crippen LogP contribution in [0.1, 0.15) is 11.3 Å². The third-order valence-corrected chi connectivity index (χ3v) is 4.80. The second kappa shape index (κ2) is 8.22. The molecule has 1 aliphatic heterocycles. The highest BCUT2D eigenvalue weighted by Crippen LogP contribution is 2.29. The lowest BCUT2D eigenvalue weighted by Gasteiger charge is -2.39. The van der Waals surface area contributed by atoms with Crippen LogP contribution in [0.4, 0.5) is 27.6 Å². The maximum absolute atomic E-state index is 12.7. The average molecular weight is 458 g/mol. The van der Waals surface area contributed by atoms with Crippen molar-refractivity contribution < 1.29 is 26.7 Å². The van der Waals surface area contributed by atoms with E-state index in [0.717, 1.165) is 4.68 Å². The summed E-state index contributed by atoms with van der Waals surface area (Å²) in [5, 5.41) is 11.8. The molecule has 1 saturated heterocycles. The molecule has 1 fully saturated rings. The van der Waals surface area contributed by atoms with E-state index in [1.165, 1.54) is 16.9 Å². The third-order valence-electron chi connectivity index (χ3n) is 4.80. The van der Waals surface area contributed by atoms with Gasteiger partial charge in [0.05, 0.1) is 35.8 Å². The molecule has 0 unspecified atom stereocenters. The summed E-state index contributed by atoms with van der Waals surface area (Å²) in [5.41, 5.74) is -0.585. The van der Waals surface area contributed by atoms with Crippen LogP contribution in [0.2, 0.25) is 0 Å². The Balaban J connectivity index is 1.52. The van der Waals surface area contributed by atoms with Crippen molar-refractivity contribution in [1.82, 2.24) is 34.7 Å². The number of nitrogens with zero attached hydrogens (tertiary/aromatic N) is 8. The normalized spacial score (nSPS) is 14.8. The van der Waals surface area contributed by atoms with Crippen molar-refractivity contribution in [2.24, 2.45) is 7.05 Å². The molecule has 0 saturated carbocycles. The fourth-order valence-corrected chi connectivity index (χ4v) is 3.06. The minimum atomic E-state index is -4.58. The van der Waals surface area contributed by atoms with Gasteiger partial charge in [0.1, 0.15) is 0 Å². The lowest BCUT2D eigenvalue weighted by atomic mass is 10.1. The van der Waals surface area contributed by atoms with E-state index in [0.29, 0.717) is 23.8 Å². The van der Waals surface area contributed by atoms with Crippen molar-refractivity contribution in [3.8, 4) is 11.5 Å². The smallest absolute Gasteiger partial charge is 0.365 e. The van der Waals surface area contributed by atoms with Gasteiger partial charge in [0.25, 0.3) is 5.56 Å². The summed E-state index contributed by atoms with van der Waals surface area (Å²) in [4.78, 5) is 21.6. The van der Waals surface area contributed by atoms with Crippen molar-refractivity contribution in [1.29, 1.82) is 0 Å². The number of alkyl halides is 5. The molecule has 0 N–H and O–H groups in total. The minimum absolute atomic E-state index is 0.0866. The van der Waals surface area contributed by atoms with Crippen LogP contribution in [0.25, 0.3) is 11.5 Å². The van der Waals surface area contributed by atoms with Crippen molar-refractivity contribution in [2.45, 2.75) is 25.4 Å². The Kier molecular flexibility index (Phi) is 5.58. The van der Waals surface area contributed by atoms with Crippen LogP contribution >= 0.6 is 0 Å². The highest BCUT2D eigenvalue weighted by Gasteiger charge is 2.32. The Bertz CT molecular complexity index is 1150. The Morgan fingerprint density at radius 3 is 2.47 bits per heavy atom. The first-order chi connectivity index (χ1) is 15.1. The second-order valence-corrected chi connectivity index (χ2v) is 6.93. The number of halogens is 5. The molecule has 0 bridgehead atoms. The first-order valence-corrected chi connectivity index (χ1v) is 9.15. The van der Waals surface area contributed by atoms with Gasteiger partial charge in [0, 0.05) is 38.6 Å². The summed E-state index contributed by atoms with van der Waals surface area (Å²) in [6.07, 6.45) is -2.52. The predicted molar refractivity (Wildman–Crippen MR) is 97.7 cm³/mol. The summed E-state index contributed by atoms with van der Waals surface area (Å²) in [5.74, 6) is -0.0866. The molecule has 32 heavy (non-hydrogen) atoms. The van der Waals surface area contributed by atoms with Gasteiger partial charge in [-0.1, -0.05) is 5.21 Å². The molecule has 170 valence electrons. The molecule has 4 rings (SSSR count). The fraction of sp³-hybridized carbons (Fsp3) is 0.412. The molecule has 1 aliphatic rings. The minimum Gasteiger partial charge on any atom is -0.365 e. The number of rotatable bonds is 6. The van der Waals surface area contributed by atoms with Gasteiger partial charge in [-0.2, -0.15) is 27.1 Å². The van der Waals surface area contributed by atoms with E-state index >= 15 is 0 Å². The quantitative estimate of drug-likeness (QED) is 0.510. The Hall–Kier alpha value is -3.49.